The van der Waals surface area contributed by atoms with Gasteiger partial charge in [0.05, 0.1) is 11.1 Å². The SMILES string of the molecule is Cc1csc(C(N)c2cc3cccc(C)c3o2)c1Cl. The highest BCUT2D eigenvalue weighted by atomic mass is 35.5. The fourth-order valence-electron chi connectivity index (χ4n) is 2.17. The van der Waals surface area contributed by atoms with Gasteiger partial charge >= 0.3 is 0 Å². The molecule has 2 N–H and O–H groups in total. The van der Waals surface area contributed by atoms with Crippen LogP contribution in [0.25, 0.3) is 11.0 Å². The van der Waals surface area contributed by atoms with Crippen LogP contribution < -0.4 is 5.73 Å². The van der Waals surface area contributed by atoms with Crippen LogP contribution in [0.1, 0.15) is 27.8 Å². The molecule has 0 fully saturated rings. The Labute approximate surface area is 120 Å². The topological polar surface area (TPSA) is 39.2 Å². The lowest BCUT2D eigenvalue weighted by molar-refractivity contribution is 0.526. The van der Waals surface area contributed by atoms with Gasteiger partial charge in [0, 0.05) is 10.3 Å². The number of halogens is 1. The second kappa shape index (κ2) is 4.67. The Kier molecular flexibility index (Phi) is 3.13. The van der Waals surface area contributed by atoms with Gasteiger partial charge in [-0.15, -0.1) is 11.3 Å². The molecule has 0 amide bonds. The van der Waals surface area contributed by atoms with E-state index in [1.165, 1.54) is 0 Å². The van der Waals surface area contributed by atoms with E-state index in [2.05, 4.69) is 0 Å². The Morgan fingerprint density at radius 1 is 1.26 bits per heavy atom. The van der Waals surface area contributed by atoms with E-state index in [0.717, 1.165) is 37.8 Å². The second-order valence-electron chi connectivity index (χ2n) is 4.72. The average molecular weight is 292 g/mol. The maximum absolute atomic E-state index is 6.28. The average Bonchev–Trinajstić information content (AvgIpc) is 2.95. The molecule has 1 unspecified atom stereocenters. The molecule has 1 atom stereocenters. The van der Waals surface area contributed by atoms with E-state index in [0.29, 0.717) is 0 Å². The predicted molar refractivity (Wildman–Crippen MR) is 81.0 cm³/mol. The number of para-hydroxylation sites is 1. The van der Waals surface area contributed by atoms with Crippen molar-refractivity contribution >= 4 is 33.9 Å². The van der Waals surface area contributed by atoms with Gasteiger partial charge in [0.15, 0.2) is 0 Å². The first-order valence-corrected chi connectivity index (χ1v) is 7.32. The van der Waals surface area contributed by atoms with Gasteiger partial charge in [0.2, 0.25) is 0 Å². The lowest BCUT2D eigenvalue weighted by atomic mass is 10.1. The molecule has 98 valence electrons. The van der Waals surface area contributed by atoms with Gasteiger partial charge in [0.1, 0.15) is 11.3 Å². The van der Waals surface area contributed by atoms with Crippen molar-refractivity contribution in [3.8, 4) is 0 Å². The maximum atomic E-state index is 6.28. The fourth-order valence-corrected chi connectivity index (χ4v) is 3.49. The summed E-state index contributed by atoms with van der Waals surface area (Å²) in [7, 11) is 0. The quantitative estimate of drug-likeness (QED) is 0.736. The van der Waals surface area contributed by atoms with Gasteiger partial charge in [-0.3, -0.25) is 0 Å². The number of rotatable bonds is 2. The number of benzene rings is 1. The van der Waals surface area contributed by atoms with Crippen molar-refractivity contribution in [1.29, 1.82) is 0 Å². The summed E-state index contributed by atoms with van der Waals surface area (Å²) in [5.74, 6) is 0.757. The zero-order valence-electron chi connectivity index (χ0n) is 10.7. The summed E-state index contributed by atoms with van der Waals surface area (Å²) in [5, 5.41) is 3.84. The van der Waals surface area contributed by atoms with Crippen LogP contribution in [0.15, 0.2) is 34.1 Å². The molecule has 19 heavy (non-hydrogen) atoms. The van der Waals surface area contributed by atoms with Crippen molar-refractivity contribution < 1.29 is 4.42 Å². The largest absolute Gasteiger partial charge is 0.459 e. The highest BCUT2D eigenvalue weighted by Crippen LogP contribution is 2.36. The molecule has 2 aromatic heterocycles. The van der Waals surface area contributed by atoms with Crippen LogP contribution in [-0.2, 0) is 0 Å². The molecule has 0 saturated heterocycles. The molecule has 0 aliphatic rings. The highest BCUT2D eigenvalue weighted by Gasteiger charge is 2.20. The summed E-state index contributed by atoms with van der Waals surface area (Å²) in [6, 6.07) is 7.77. The summed E-state index contributed by atoms with van der Waals surface area (Å²) in [6.07, 6.45) is 0. The second-order valence-corrected chi connectivity index (χ2v) is 6.01. The predicted octanol–water partition coefficient (Wildman–Crippen LogP) is 4.81. The molecule has 3 aromatic rings. The molecule has 3 rings (SSSR count). The van der Waals surface area contributed by atoms with E-state index in [9.17, 15) is 0 Å². The third-order valence-electron chi connectivity index (χ3n) is 3.27. The molecule has 2 nitrogen and oxygen atoms in total. The number of thiophene rings is 1. The fraction of sp³-hybridized carbons (Fsp3) is 0.200. The first-order valence-electron chi connectivity index (χ1n) is 6.06. The van der Waals surface area contributed by atoms with Crippen molar-refractivity contribution in [2.75, 3.05) is 0 Å². The Morgan fingerprint density at radius 2 is 2.05 bits per heavy atom. The molecule has 0 saturated carbocycles. The van der Waals surface area contributed by atoms with E-state index in [1.54, 1.807) is 11.3 Å². The summed E-state index contributed by atoms with van der Waals surface area (Å²) in [4.78, 5) is 0.955. The van der Waals surface area contributed by atoms with Crippen molar-refractivity contribution in [3.05, 3.63) is 56.4 Å². The minimum Gasteiger partial charge on any atom is -0.459 e. The van der Waals surface area contributed by atoms with Gasteiger partial charge in [0.25, 0.3) is 0 Å². The summed E-state index contributed by atoms with van der Waals surface area (Å²) in [5.41, 5.74) is 9.35. The molecule has 1 aromatic carbocycles. The van der Waals surface area contributed by atoms with Gasteiger partial charge in [-0.05, 0) is 36.4 Å². The van der Waals surface area contributed by atoms with E-state index in [-0.39, 0.29) is 6.04 Å². The number of furan rings is 1. The summed E-state index contributed by atoms with van der Waals surface area (Å²) in [6.45, 7) is 4.02. The van der Waals surface area contributed by atoms with Crippen molar-refractivity contribution in [2.24, 2.45) is 5.73 Å². The van der Waals surface area contributed by atoms with Crippen molar-refractivity contribution in [2.45, 2.75) is 19.9 Å². The van der Waals surface area contributed by atoms with Crippen LogP contribution >= 0.6 is 22.9 Å². The summed E-state index contributed by atoms with van der Waals surface area (Å²) < 4.78 is 5.90. The van der Waals surface area contributed by atoms with Crippen LogP contribution in [0.4, 0.5) is 0 Å². The minimum atomic E-state index is -0.307. The smallest absolute Gasteiger partial charge is 0.137 e. The summed E-state index contributed by atoms with van der Waals surface area (Å²) >= 11 is 7.85. The Bertz CT molecular complexity index is 744. The standard InChI is InChI=1S/C15H14ClNOS/c1-8-4-3-5-10-6-11(18-14(8)10)13(17)15-12(16)9(2)7-19-15/h3-7,13H,17H2,1-2H3. The molecule has 0 aliphatic heterocycles. The first kappa shape index (κ1) is 12.7. The van der Waals surface area contributed by atoms with Crippen LogP contribution in [0.2, 0.25) is 5.02 Å². The zero-order valence-corrected chi connectivity index (χ0v) is 12.3. The number of aryl methyl sites for hydroxylation is 2. The lowest BCUT2D eigenvalue weighted by Gasteiger charge is -2.06. The Hall–Kier alpha value is -1.29. The van der Waals surface area contributed by atoms with Gasteiger partial charge in [-0.1, -0.05) is 29.8 Å². The van der Waals surface area contributed by atoms with Crippen LogP contribution in [0.3, 0.4) is 0 Å². The molecular weight excluding hydrogens is 278 g/mol. The third-order valence-corrected chi connectivity index (χ3v) is 5.07. The number of nitrogens with two attached hydrogens (primary N) is 1. The van der Waals surface area contributed by atoms with Crippen molar-refractivity contribution in [3.63, 3.8) is 0 Å². The van der Waals surface area contributed by atoms with E-state index in [4.69, 9.17) is 21.8 Å². The molecule has 4 heteroatoms. The molecule has 0 bridgehead atoms. The van der Waals surface area contributed by atoms with Gasteiger partial charge in [-0.2, -0.15) is 0 Å². The van der Waals surface area contributed by atoms with E-state index >= 15 is 0 Å². The van der Waals surface area contributed by atoms with Crippen LogP contribution in [0.5, 0.6) is 0 Å². The molecule has 0 radical (unpaired) electrons. The van der Waals surface area contributed by atoms with Gasteiger partial charge in [-0.25, -0.2) is 0 Å². The molecule has 0 spiro atoms. The highest BCUT2D eigenvalue weighted by molar-refractivity contribution is 7.10. The minimum absolute atomic E-state index is 0.307. The maximum Gasteiger partial charge on any atom is 0.137 e. The first-order chi connectivity index (χ1) is 9.08. The third kappa shape index (κ3) is 2.08. The van der Waals surface area contributed by atoms with E-state index < -0.39 is 0 Å². The number of fused-ring (bicyclic) bond motifs is 1. The van der Waals surface area contributed by atoms with Crippen LogP contribution in [0, 0.1) is 13.8 Å². The lowest BCUT2D eigenvalue weighted by Crippen LogP contribution is -2.09. The van der Waals surface area contributed by atoms with Gasteiger partial charge < -0.3 is 10.2 Å². The van der Waals surface area contributed by atoms with E-state index in [1.807, 2.05) is 43.5 Å². The van der Waals surface area contributed by atoms with Crippen molar-refractivity contribution in [1.82, 2.24) is 0 Å². The number of hydrogen-bond acceptors (Lipinski definition) is 3. The normalized spacial score (nSPS) is 13.1. The van der Waals surface area contributed by atoms with Crippen LogP contribution in [-0.4, -0.2) is 0 Å². The molecule has 2 heterocycles. The Balaban J connectivity index is 2.09. The monoisotopic (exact) mass is 291 g/mol. The number of hydrogen-bond donors (Lipinski definition) is 1. The molecule has 0 aliphatic carbocycles. The zero-order chi connectivity index (χ0) is 13.6. The Morgan fingerprint density at radius 3 is 2.68 bits per heavy atom. The molecular formula is C15H14ClNOS.